The molecule has 1 atom stereocenters. The zero-order valence-corrected chi connectivity index (χ0v) is 13.1. The van der Waals surface area contributed by atoms with Gasteiger partial charge in [-0.1, -0.05) is 12.5 Å². The summed E-state index contributed by atoms with van der Waals surface area (Å²) in [6, 6.07) is 6.00. The van der Waals surface area contributed by atoms with E-state index in [1.54, 1.807) is 0 Å². The number of aliphatic hydroxyl groups excluding tert-OH is 1. The van der Waals surface area contributed by atoms with Gasteiger partial charge >= 0.3 is 0 Å². The Bertz CT molecular complexity index is 399. The molecule has 1 aromatic heterocycles. The van der Waals surface area contributed by atoms with E-state index in [0.717, 1.165) is 11.4 Å². The van der Waals surface area contributed by atoms with Crippen LogP contribution >= 0.6 is 13.5 Å². The molecule has 1 fully saturated rings. The topological polar surface area (TPSA) is 45.1 Å². The summed E-state index contributed by atoms with van der Waals surface area (Å²) < 4.78 is 0. The Morgan fingerprint density at radius 2 is 2.05 bits per heavy atom. The van der Waals surface area contributed by atoms with Crippen LogP contribution in [0.2, 0.25) is 0 Å². The third kappa shape index (κ3) is 4.79. The molecule has 1 aliphatic rings. The van der Waals surface area contributed by atoms with Gasteiger partial charge in [0.25, 0.3) is 0 Å². The van der Waals surface area contributed by atoms with Crippen LogP contribution in [-0.4, -0.2) is 22.2 Å². The molecule has 0 bridgehead atoms. The van der Waals surface area contributed by atoms with Crippen LogP contribution in [0, 0.1) is 0 Å². The van der Waals surface area contributed by atoms with Crippen LogP contribution in [0.5, 0.6) is 0 Å². The Morgan fingerprint density at radius 3 is 2.58 bits per heavy atom. The number of β-amino-alcohol motifs (C(OH)–C–C–N with tert-alkyl or cyclic N) is 1. The van der Waals surface area contributed by atoms with E-state index in [0.29, 0.717) is 12.5 Å². The van der Waals surface area contributed by atoms with Gasteiger partial charge in [-0.25, -0.2) is 0 Å². The van der Waals surface area contributed by atoms with Crippen LogP contribution in [0.25, 0.3) is 0 Å². The lowest BCUT2D eigenvalue weighted by Crippen LogP contribution is -2.38. The molecular weight excluding hydrogens is 256 g/mol. The quantitative estimate of drug-likeness (QED) is 0.892. The summed E-state index contributed by atoms with van der Waals surface area (Å²) in [7, 11) is 0. The monoisotopic (exact) mass is 282 g/mol. The maximum Gasteiger partial charge on any atom is 0.108 e. The largest absolute Gasteiger partial charge is 0.385 e. The number of aliphatic hydroxyl groups is 1. The number of hydrogen-bond acceptors (Lipinski definition) is 3. The molecule has 0 radical (unpaired) electrons. The zero-order valence-electron chi connectivity index (χ0n) is 12.1. The zero-order chi connectivity index (χ0) is 13.2. The summed E-state index contributed by atoms with van der Waals surface area (Å²) in [4.78, 5) is 4.61. The van der Waals surface area contributed by atoms with Gasteiger partial charge in [-0.05, 0) is 45.7 Å². The molecule has 2 rings (SSSR count). The molecule has 4 heteroatoms. The molecule has 1 aromatic rings. The summed E-state index contributed by atoms with van der Waals surface area (Å²) in [6.07, 6.45) is 3.27. The summed E-state index contributed by atoms with van der Waals surface area (Å²) in [6.45, 7) is 6.83. The number of nitrogens with zero attached hydrogens (tertiary/aromatic N) is 1. The van der Waals surface area contributed by atoms with Crippen molar-refractivity contribution in [2.24, 2.45) is 0 Å². The molecule has 0 aromatic carbocycles. The molecule has 108 valence electrons. The molecule has 0 saturated heterocycles. The molecular formula is C15H26N2OS. The van der Waals surface area contributed by atoms with Crippen LogP contribution < -0.4 is 5.32 Å². The number of nitrogens with one attached hydrogen (secondary N) is 1. The van der Waals surface area contributed by atoms with Crippen molar-refractivity contribution in [3.63, 3.8) is 0 Å². The lowest BCUT2D eigenvalue weighted by atomic mass is 9.82. The first kappa shape index (κ1) is 16.5. The number of rotatable bonds is 4. The molecule has 19 heavy (non-hydrogen) atoms. The third-order valence-corrected chi connectivity index (χ3v) is 3.48. The lowest BCUT2D eigenvalue weighted by molar-refractivity contribution is 0.158. The second-order valence-corrected chi connectivity index (χ2v) is 6.26. The standard InChI is InChI=1S/C15H24N2O.H2S/c1-15(2,3)16-10-14(18)13-9-5-8-12(17-13)11-6-4-7-11;/h5,8-9,11,14,16,18H,4,6-7,10H2,1-3H3;1H2/t14-;/m0./s1. The van der Waals surface area contributed by atoms with Gasteiger partial charge in [0.2, 0.25) is 0 Å². The highest BCUT2D eigenvalue weighted by Crippen LogP contribution is 2.35. The predicted molar refractivity (Wildman–Crippen MR) is 83.9 cm³/mol. The minimum absolute atomic E-state index is 0. The van der Waals surface area contributed by atoms with Gasteiger partial charge in [0, 0.05) is 23.7 Å². The van der Waals surface area contributed by atoms with Crippen molar-refractivity contribution in [3.8, 4) is 0 Å². The second-order valence-electron chi connectivity index (χ2n) is 6.26. The van der Waals surface area contributed by atoms with Crippen LogP contribution in [-0.2, 0) is 0 Å². The van der Waals surface area contributed by atoms with Crippen molar-refractivity contribution in [2.75, 3.05) is 6.54 Å². The maximum atomic E-state index is 10.2. The van der Waals surface area contributed by atoms with Gasteiger partial charge in [0.1, 0.15) is 6.10 Å². The number of pyridine rings is 1. The highest BCUT2D eigenvalue weighted by molar-refractivity contribution is 7.59. The van der Waals surface area contributed by atoms with Crippen LogP contribution in [0.1, 0.15) is 63.4 Å². The predicted octanol–water partition coefficient (Wildman–Crippen LogP) is 2.88. The highest BCUT2D eigenvalue weighted by atomic mass is 32.1. The molecule has 1 aliphatic carbocycles. The average Bonchev–Trinajstić information content (AvgIpc) is 2.23. The van der Waals surface area contributed by atoms with Crippen molar-refractivity contribution >= 4 is 13.5 Å². The molecule has 0 spiro atoms. The number of aromatic nitrogens is 1. The molecule has 0 aliphatic heterocycles. The fourth-order valence-corrected chi connectivity index (χ4v) is 2.09. The minimum Gasteiger partial charge on any atom is -0.385 e. The van der Waals surface area contributed by atoms with E-state index in [1.165, 1.54) is 19.3 Å². The molecule has 0 unspecified atom stereocenters. The van der Waals surface area contributed by atoms with Gasteiger partial charge in [0.15, 0.2) is 0 Å². The van der Waals surface area contributed by atoms with Gasteiger partial charge < -0.3 is 10.4 Å². The van der Waals surface area contributed by atoms with Crippen molar-refractivity contribution in [2.45, 2.75) is 57.6 Å². The highest BCUT2D eigenvalue weighted by Gasteiger charge is 2.22. The van der Waals surface area contributed by atoms with E-state index in [2.05, 4.69) is 37.1 Å². The molecule has 1 saturated carbocycles. The van der Waals surface area contributed by atoms with Crippen LogP contribution in [0.15, 0.2) is 18.2 Å². The van der Waals surface area contributed by atoms with Crippen molar-refractivity contribution < 1.29 is 5.11 Å². The van der Waals surface area contributed by atoms with E-state index in [-0.39, 0.29) is 19.0 Å². The Kier molecular flexibility index (Phi) is 5.83. The van der Waals surface area contributed by atoms with Gasteiger partial charge in [-0.2, -0.15) is 13.5 Å². The second kappa shape index (κ2) is 6.73. The summed E-state index contributed by atoms with van der Waals surface area (Å²) in [5, 5.41) is 13.5. The normalized spacial score (nSPS) is 17.5. The van der Waals surface area contributed by atoms with Gasteiger partial charge in [-0.15, -0.1) is 0 Å². The first-order chi connectivity index (χ1) is 8.46. The van der Waals surface area contributed by atoms with E-state index in [4.69, 9.17) is 0 Å². The van der Waals surface area contributed by atoms with E-state index in [1.807, 2.05) is 12.1 Å². The number of hydrogen-bond donors (Lipinski definition) is 2. The van der Waals surface area contributed by atoms with E-state index < -0.39 is 6.10 Å². The van der Waals surface area contributed by atoms with Crippen LogP contribution in [0.4, 0.5) is 0 Å². The maximum absolute atomic E-state index is 10.2. The Hall–Kier alpha value is -0.580. The smallest absolute Gasteiger partial charge is 0.108 e. The first-order valence-electron chi connectivity index (χ1n) is 6.86. The summed E-state index contributed by atoms with van der Waals surface area (Å²) in [5.74, 6) is 0.618. The summed E-state index contributed by atoms with van der Waals surface area (Å²) >= 11 is 0. The minimum atomic E-state index is -0.524. The Morgan fingerprint density at radius 1 is 1.37 bits per heavy atom. The van der Waals surface area contributed by atoms with Crippen LogP contribution in [0.3, 0.4) is 0 Å². The molecule has 1 heterocycles. The van der Waals surface area contributed by atoms with Crippen molar-refractivity contribution in [1.29, 1.82) is 0 Å². The molecule has 3 nitrogen and oxygen atoms in total. The fraction of sp³-hybridized carbons (Fsp3) is 0.667. The lowest BCUT2D eigenvalue weighted by Gasteiger charge is -2.26. The van der Waals surface area contributed by atoms with Gasteiger partial charge in [0.05, 0.1) is 5.69 Å². The van der Waals surface area contributed by atoms with Crippen molar-refractivity contribution in [1.82, 2.24) is 10.3 Å². The van der Waals surface area contributed by atoms with E-state index >= 15 is 0 Å². The summed E-state index contributed by atoms with van der Waals surface area (Å²) in [5.41, 5.74) is 1.96. The van der Waals surface area contributed by atoms with Crippen molar-refractivity contribution in [3.05, 3.63) is 29.6 Å². The fourth-order valence-electron chi connectivity index (χ4n) is 2.09. The Balaban J connectivity index is 0.00000180. The van der Waals surface area contributed by atoms with E-state index in [9.17, 15) is 5.11 Å². The first-order valence-corrected chi connectivity index (χ1v) is 6.86. The van der Waals surface area contributed by atoms with Gasteiger partial charge in [-0.3, -0.25) is 4.98 Å². The molecule has 2 N–H and O–H groups in total. The molecule has 0 amide bonds. The SMILES string of the molecule is CC(C)(C)NC[C@H](O)c1cccc(C2CCC2)n1.S. The Labute approximate surface area is 123 Å². The third-order valence-electron chi connectivity index (χ3n) is 3.48. The average molecular weight is 282 g/mol.